The number of halogens is 1. The third kappa shape index (κ3) is 2.72. The van der Waals surface area contributed by atoms with E-state index in [4.69, 9.17) is 16.3 Å². The largest absolute Gasteiger partial charge is 0.493 e. The van der Waals surface area contributed by atoms with Crippen molar-refractivity contribution in [2.75, 3.05) is 13.7 Å². The molecule has 1 heterocycles. The zero-order chi connectivity index (χ0) is 15.7. The highest BCUT2D eigenvalue weighted by Crippen LogP contribution is 2.37. The molecule has 0 aliphatic carbocycles. The predicted octanol–water partition coefficient (Wildman–Crippen LogP) is 3.48. The Hall–Kier alpha value is -1.56. The number of benzene rings is 2. The summed E-state index contributed by atoms with van der Waals surface area (Å²) in [4.78, 5) is 0.200. The maximum Gasteiger partial charge on any atom is 0.243 e. The molecule has 0 saturated carbocycles. The Labute approximate surface area is 135 Å². The van der Waals surface area contributed by atoms with E-state index in [-0.39, 0.29) is 10.9 Å². The SMILES string of the molecule is CN(C1CCOc2ccccc21)S(=O)(=O)c1cccc(Cl)c1. The molecule has 1 unspecified atom stereocenters. The first kappa shape index (κ1) is 15.3. The second kappa shape index (κ2) is 5.91. The van der Waals surface area contributed by atoms with Gasteiger partial charge in [-0.05, 0) is 24.3 Å². The molecule has 6 heteroatoms. The van der Waals surface area contributed by atoms with Crippen LogP contribution < -0.4 is 4.74 Å². The highest BCUT2D eigenvalue weighted by molar-refractivity contribution is 7.89. The molecule has 1 aliphatic heterocycles. The third-order valence-corrected chi connectivity index (χ3v) is 5.94. The Morgan fingerprint density at radius 2 is 1.95 bits per heavy atom. The Morgan fingerprint density at radius 1 is 1.18 bits per heavy atom. The smallest absolute Gasteiger partial charge is 0.243 e. The van der Waals surface area contributed by atoms with Gasteiger partial charge in [-0.15, -0.1) is 0 Å². The quantitative estimate of drug-likeness (QED) is 0.861. The van der Waals surface area contributed by atoms with Crippen molar-refractivity contribution < 1.29 is 13.2 Å². The molecular formula is C16H16ClNO3S. The third-order valence-electron chi connectivity index (χ3n) is 3.84. The Bertz CT molecular complexity index is 791. The average Bonchev–Trinajstić information content (AvgIpc) is 2.53. The molecule has 0 spiro atoms. The topological polar surface area (TPSA) is 46.6 Å². The fourth-order valence-electron chi connectivity index (χ4n) is 2.66. The van der Waals surface area contributed by atoms with Gasteiger partial charge >= 0.3 is 0 Å². The van der Waals surface area contributed by atoms with Crippen LogP contribution in [-0.4, -0.2) is 26.4 Å². The second-order valence-corrected chi connectivity index (χ2v) is 7.60. The molecule has 0 radical (unpaired) electrons. The van der Waals surface area contributed by atoms with Crippen LogP contribution in [0.25, 0.3) is 0 Å². The fraction of sp³-hybridized carbons (Fsp3) is 0.250. The van der Waals surface area contributed by atoms with Crippen molar-refractivity contribution in [2.24, 2.45) is 0 Å². The highest BCUT2D eigenvalue weighted by atomic mass is 35.5. The standard InChI is InChI=1S/C16H16ClNO3S/c1-18(22(19,20)13-6-4-5-12(17)11-13)15-9-10-21-16-8-3-2-7-14(15)16/h2-8,11,15H,9-10H2,1H3. The molecule has 2 aromatic carbocycles. The van der Waals surface area contributed by atoms with Gasteiger partial charge in [0.1, 0.15) is 5.75 Å². The van der Waals surface area contributed by atoms with Gasteiger partial charge < -0.3 is 4.74 Å². The lowest BCUT2D eigenvalue weighted by molar-refractivity contribution is 0.221. The summed E-state index contributed by atoms with van der Waals surface area (Å²) in [5, 5.41) is 0.404. The van der Waals surface area contributed by atoms with Gasteiger partial charge in [-0.1, -0.05) is 35.9 Å². The van der Waals surface area contributed by atoms with Crippen molar-refractivity contribution in [3.05, 3.63) is 59.1 Å². The molecule has 0 saturated heterocycles. The number of para-hydroxylation sites is 1. The van der Waals surface area contributed by atoms with Crippen molar-refractivity contribution in [1.82, 2.24) is 4.31 Å². The zero-order valence-electron chi connectivity index (χ0n) is 12.1. The van der Waals surface area contributed by atoms with Crippen molar-refractivity contribution in [1.29, 1.82) is 0 Å². The van der Waals surface area contributed by atoms with Gasteiger partial charge in [-0.2, -0.15) is 4.31 Å². The fourth-order valence-corrected chi connectivity index (χ4v) is 4.33. The van der Waals surface area contributed by atoms with Crippen LogP contribution in [0.15, 0.2) is 53.4 Å². The lowest BCUT2D eigenvalue weighted by Crippen LogP contribution is -2.34. The summed E-state index contributed by atoms with van der Waals surface area (Å²) in [6.07, 6.45) is 0.618. The van der Waals surface area contributed by atoms with Crippen molar-refractivity contribution in [3.63, 3.8) is 0 Å². The van der Waals surface area contributed by atoms with Crippen molar-refractivity contribution in [3.8, 4) is 5.75 Å². The number of ether oxygens (including phenoxy) is 1. The zero-order valence-corrected chi connectivity index (χ0v) is 13.6. The van der Waals surface area contributed by atoms with Gasteiger partial charge in [0.25, 0.3) is 0 Å². The molecule has 2 aromatic rings. The summed E-state index contributed by atoms with van der Waals surface area (Å²) in [5.41, 5.74) is 0.891. The number of hydrogen-bond donors (Lipinski definition) is 0. The first-order valence-electron chi connectivity index (χ1n) is 6.95. The van der Waals surface area contributed by atoms with Gasteiger partial charge in [0.2, 0.25) is 10.0 Å². The van der Waals surface area contributed by atoms with Crippen LogP contribution in [0.2, 0.25) is 5.02 Å². The first-order chi connectivity index (χ1) is 10.5. The number of hydrogen-bond acceptors (Lipinski definition) is 3. The summed E-state index contributed by atoms with van der Waals surface area (Å²) in [6, 6.07) is 13.6. The molecule has 0 aromatic heterocycles. The average molecular weight is 338 g/mol. The normalized spacial score (nSPS) is 17.9. The summed E-state index contributed by atoms with van der Waals surface area (Å²) < 4.78 is 32.6. The summed E-state index contributed by atoms with van der Waals surface area (Å²) >= 11 is 5.92. The molecule has 4 nitrogen and oxygen atoms in total. The number of rotatable bonds is 3. The Balaban J connectivity index is 1.99. The van der Waals surface area contributed by atoms with Gasteiger partial charge in [-0.3, -0.25) is 0 Å². The molecule has 1 aliphatic rings. The number of nitrogens with zero attached hydrogens (tertiary/aromatic N) is 1. The van der Waals surface area contributed by atoms with Crippen molar-refractivity contribution >= 4 is 21.6 Å². The van der Waals surface area contributed by atoms with Gasteiger partial charge in [-0.25, -0.2) is 8.42 Å². The van der Waals surface area contributed by atoms with Gasteiger partial charge in [0.05, 0.1) is 17.5 Å². The lowest BCUT2D eigenvalue weighted by atomic mass is 10.0. The predicted molar refractivity (Wildman–Crippen MR) is 85.7 cm³/mol. The Kier molecular flexibility index (Phi) is 4.12. The summed E-state index contributed by atoms with van der Waals surface area (Å²) in [6.45, 7) is 0.497. The van der Waals surface area contributed by atoms with E-state index < -0.39 is 10.0 Å². The van der Waals surface area contributed by atoms with E-state index in [0.29, 0.717) is 18.1 Å². The first-order valence-corrected chi connectivity index (χ1v) is 8.77. The molecular weight excluding hydrogens is 322 g/mol. The van der Waals surface area contributed by atoms with Crippen LogP contribution in [0.4, 0.5) is 0 Å². The summed E-state index contributed by atoms with van der Waals surface area (Å²) in [5.74, 6) is 0.742. The Morgan fingerprint density at radius 3 is 2.73 bits per heavy atom. The van der Waals surface area contributed by atoms with Gasteiger partial charge in [0.15, 0.2) is 0 Å². The van der Waals surface area contributed by atoms with E-state index in [0.717, 1.165) is 11.3 Å². The minimum Gasteiger partial charge on any atom is -0.493 e. The maximum absolute atomic E-state index is 12.8. The number of fused-ring (bicyclic) bond motifs is 1. The van der Waals surface area contributed by atoms with Crippen LogP contribution in [-0.2, 0) is 10.0 Å². The molecule has 0 fully saturated rings. The van der Waals surface area contributed by atoms with E-state index in [9.17, 15) is 8.42 Å². The van der Waals surface area contributed by atoms with E-state index in [2.05, 4.69) is 0 Å². The molecule has 0 amide bonds. The maximum atomic E-state index is 12.8. The molecule has 0 bridgehead atoms. The van der Waals surface area contributed by atoms with Crippen LogP contribution in [0, 0.1) is 0 Å². The molecule has 0 N–H and O–H groups in total. The van der Waals surface area contributed by atoms with E-state index in [1.165, 1.54) is 10.4 Å². The molecule has 22 heavy (non-hydrogen) atoms. The van der Waals surface area contributed by atoms with E-state index in [1.807, 2.05) is 24.3 Å². The molecule has 3 rings (SSSR count). The highest BCUT2D eigenvalue weighted by Gasteiger charge is 2.32. The van der Waals surface area contributed by atoms with Crippen LogP contribution in [0.1, 0.15) is 18.0 Å². The minimum absolute atomic E-state index is 0.200. The van der Waals surface area contributed by atoms with Crippen molar-refractivity contribution in [2.45, 2.75) is 17.4 Å². The minimum atomic E-state index is -3.61. The number of sulfonamides is 1. The van der Waals surface area contributed by atoms with Crippen LogP contribution >= 0.6 is 11.6 Å². The molecule has 116 valence electrons. The molecule has 1 atom stereocenters. The second-order valence-electron chi connectivity index (χ2n) is 5.17. The van der Waals surface area contributed by atoms with Crippen LogP contribution in [0.5, 0.6) is 5.75 Å². The summed E-state index contributed by atoms with van der Waals surface area (Å²) in [7, 11) is -2.01. The van der Waals surface area contributed by atoms with E-state index >= 15 is 0 Å². The van der Waals surface area contributed by atoms with Gasteiger partial charge in [0, 0.05) is 24.1 Å². The van der Waals surface area contributed by atoms with Crippen LogP contribution in [0.3, 0.4) is 0 Å². The monoisotopic (exact) mass is 337 g/mol. The lowest BCUT2D eigenvalue weighted by Gasteiger charge is -2.32. The van der Waals surface area contributed by atoms with E-state index in [1.54, 1.807) is 25.2 Å².